The molecule has 1 aliphatic carbocycles. The second kappa shape index (κ2) is 7.01. The number of hydrogen-bond donors (Lipinski definition) is 1. The molecule has 4 unspecified atom stereocenters. The molecule has 0 amide bonds. The van der Waals surface area contributed by atoms with Crippen LogP contribution in [0, 0.1) is 5.92 Å². The van der Waals surface area contributed by atoms with E-state index in [1.165, 1.54) is 5.57 Å². The minimum absolute atomic E-state index is 0.144. The van der Waals surface area contributed by atoms with E-state index in [1.807, 2.05) is 6.92 Å². The number of aliphatic hydroxyl groups is 1. The summed E-state index contributed by atoms with van der Waals surface area (Å²) in [6.07, 6.45) is 7.00. The molecule has 0 aromatic carbocycles. The van der Waals surface area contributed by atoms with E-state index >= 15 is 0 Å². The van der Waals surface area contributed by atoms with Gasteiger partial charge in [0.25, 0.3) is 0 Å². The normalized spacial score (nSPS) is 34.9. The Bertz CT molecular complexity index is 540. The van der Waals surface area contributed by atoms with Crippen LogP contribution in [0.3, 0.4) is 0 Å². The van der Waals surface area contributed by atoms with Crippen molar-refractivity contribution in [1.29, 1.82) is 0 Å². The van der Waals surface area contributed by atoms with Crippen LogP contribution in [0.15, 0.2) is 23.3 Å². The first-order valence-electron chi connectivity index (χ1n) is 8.98. The van der Waals surface area contributed by atoms with Gasteiger partial charge in [0.1, 0.15) is 12.2 Å². The zero-order valence-corrected chi connectivity index (χ0v) is 15.9. The molecule has 1 N–H and O–H groups in total. The molecule has 24 heavy (non-hydrogen) atoms. The predicted octanol–water partition coefficient (Wildman–Crippen LogP) is 3.93. The van der Waals surface area contributed by atoms with E-state index in [9.17, 15) is 9.90 Å². The molecule has 4 heteroatoms. The van der Waals surface area contributed by atoms with E-state index in [0.717, 1.165) is 25.7 Å². The summed E-state index contributed by atoms with van der Waals surface area (Å²) >= 11 is 0. The maximum absolute atomic E-state index is 12.4. The van der Waals surface area contributed by atoms with Crippen LogP contribution in [0.1, 0.15) is 67.2 Å². The molecular formula is C20H32O4. The fraction of sp³-hybridized carbons (Fsp3) is 0.750. The van der Waals surface area contributed by atoms with Gasteiger partial charge in [0.2, 0.25) is 0 Å². The van der Waals surface area contributed by atoms with Gasteiger partial charge in [-0.15, -0.1) is 0 Å². The van der Waals surface area contributed by atoms with Gasteiger partial charge < -0.3 is 14.6 Å². The van der Waals surface area contributed by atoms with E-state index in [0.29, 0.717) is 5.57 Å². The van der Waals surface area contributed by atoms with Crippen molar-refractivity contribution in [2.45, 2.75) is 90.6 Å². The van der Waals surface area contributed by atoms with Gasteiger partial charge in [-0.3, -0.25) is 0 Å². The smallest absolute Gasteiger partial charge is 0.333 e. The number of carbonyl (C=O) groups excluding carboxylic acids is 1. The highest BCUT2D eigenvalue weighted by Gasteiger charge is 2.60. The third-order valence-corrected chi connectivity index (χ3v) is 5.52. The van der Waals surface area contributed by atoms with Crippen molar-refractivity contribution in [2.24, 2.45) is 5.92 Å². The van der Waals surface area contributed by atoms with Gasteiger partial charge >= 0.3 is 5.97 Å². The number of rotatable bonds is 3. The summed E-state index contributed by atoms with van der Waals surface area (Å²) in [4.78, 5) is 12.4. The first kappa shape index (κ1) is 19.2. The first-order chi connectivity index (χ1) is 11.1. The number of allylic oxidation sites excluding steroid dienone is 3. The lowest BCUT2D eigenvalue weighted by molar-refractivity contribution is -0.155. The van der Waals surface area contributed by atoms with Gasteiger partial charge in [-0.05, 0) is 67.2 Å². The van der Waals surface area contributed by atoms with Crippen molar-refractivity contribution >= 4 is 5.97 Å². The maximum Gasteiger partial charge on any atom is 0.333 e. The SMILES string of the molecule is CC=C(C)C(=O)OC1C(C(C)(C)O)CCC(C)=CCCC2(C)OC12. The van der Waals surface area contributed by atoms with E-state index in [4.69, 9.17) is 9.47 Å². The lowest BCUT2D eigenvalue weighted by Gasteiger charge is -2.36. The van der Waals surface area contributed by atoms with Crippen molar-refractivity contribution < 1.29 is 19.4 Å². The highest BCUT2D eigenvalue weighted by molar-refractivity contribution is 5.87. The molecule has 1 heterocycles. The van der Waals surface area contributed by atoms with Gasteiger partial charge in [0.05, 0.1) is 11.2 Å². The Morgan fingerprint density at radius 1 is 1.50 bits per heavy atom. The summed E-state index contributed by atoms with van der Waals surface area (Å²) in [6, 6.07) is 0. The summed E-state index contributed by atoms with van der Waals surface area (Å²) < 4.78 is 11.8. The van der Waals surface area contributed by atoms with Crippen molar-refractivity contribution in [3.05, 3.63) is 23.3 Å². The molecule has 0 bridgehead atoms. The Hall–Kier alpha value is -1.13. The monoisotopic (exact) mass is 336 g/mol. The number of epoxide rings is 1. The van der Waals surface area contributed by atoms with Crippen molar-refractivity contribution in [3.63, 3.8) is 0 Å². The first-order valence-corrected chi connectivity index (χ1v) is 8.98. The van der Waals surface area contributed by atoms with Crippen molar-refractivity contribution in [3.8, 4) is 0 Å². The molecule has 0 spiro atoms. The molecule has 1 aliphatic heterocycles. The van der Waals surface area contributed by atoms with Gasteiger partial charge in [-0.25, -0.2) is 4.79 Å². The van der Waals surface area contributed by atoms with Crippen LogP contribution >= 0.6 is 0 Å². The largest absolute Gasteiger partial charge is 0.456 e. The zero-order chi connectivity index (χ0) is 18.1. The molecular weight excluding hydrogens is 304 g/mol. The summed E-state index contributed by atoms with van der Waals surface area (Å²) in [7, 11) is 0. The van der Waals surface area contributed by atoms with E-state index < -0.39 is 11.7 Å². The van der Waals surface area contributed by atoms with Crippen LogP contribution in [0.2, 0.25) is 0 Å². The van der Waals surface area contributed by atoms with Crippen molar-refractivity contribution in [2.75, 3.05) is 0 Å². The Morgan fingerprint density at radius 3 is 2.75 bits per heavy atom. The van der Waals surface area contributed by atoms with Crippen LogP contribution in [-0.4, -0.2) is 34.5 Å². The van der Waals surface area contributed by atoms with Gasteiger partial charge in [0.15, 0.2) is 0 Å². The van der Waals surface area contributed by atoms with E-state index in [2.05, 4.69) is 19.9 Å². The Labute approximate surface area is 145 Å². The van der Waals surface area contributed by atoms with Crippen LogP contribution in [0.25, 0.3) is 0 Å². The molecule has 0 saturated carbocycles. The molecule has 136 valence electrons. The average Bonchev–Trinajstić information content (AvgIpc) is 3.15. The summed E-state index contributed by atoms with van der Waals surface area (Å²) in [5.41, 5.74) is 0.690. The second-order valence-corrected chi connectivity index (χ2v) is 8.08. The molecule has 0 aromatic rings. The topological polar surface area (TPSA) is 59.1 Å². The Kier molecular flexibility index (Phi) is 5.61. The zero-order valence-electron chi connectivity index (χ0n) is 15.9. The van der Waals surface area contributed by atoms with Gasteiger partial charge in [-0.2, -0.15) is 0 Å². The Morgan fingerprint density at radius 2 is 2.17 bits per heavy atom. The predicted molar refractivity (Wildman–Crippen MR) is 94.6 cm³/mol. The molecule has 1 saturated heterocycles. The number of ether oxygens (including phenoxy) is 2. The van der Waals surface area contributed by atoms with Crippen LogP contribution < -0.4 is 0 Å². The molecule has 0 radical (unpaired) electrons. The molecule has 4 nitrogen and oxygen atoms in total. The van der Waals surface area contributed by atoms with Gasteiger partial charge in [-0.1, -0.05) is 17.7 Å². The summed E-state index contributed by atoms with van der Waals surface area (Å²) in [5, 5.41) is 10.7. The van der Waals surface area contributed by atoms with Crippen LogP contribution in [0.5, 0.6) is 0 Å². The lowest BCUT2D eigenvalue weighted by atomic mass is 9.77. The maximum atomic E-state index is 12.4. The average molecular weight is 336 g/mol. The summed E-state index contributed by atoms with van der Waals surface area (Å²) in [5.74, 6) is -0.488. The highest BCUT2D eigenvalue weighted by Crippen LogP contribution is 2.48. The summed E-state index contributed by atoms with van der Waals surface area (Å²) in [6.45, 7) is 11.4. The molecule has 2 aliphatic rings. The highest BCUT2D eigenvalue weighted by atomic mass is 16.6. The van der Waals surface area contributed by atoms with Crippen LogP contribution in [-0.2, 0) is 14.3 Å². The van der Waals surface area contributed by atoms with Crippen LogP contribution in [0.4, 0.5) is 0 Å². The van der Waals surface area contributed by atoms with E-state index in [-0.39, 0.29) is 23.6 Å². The second-order valence-electron chi connectivity index (χ2n) is 8.08. The Balaban J connectivity index is 2.32. The number of esters is 1. The number of fused-ring (bicyclic) bond motifs is 1. The minimum Gasteiger partial charge on any atom is -0.456 e. The van der Waals surface area contributed by atoms with Crippen molar-refractivity contribution in [1.82, 2.24) is 0 Å². The lowest BCUT2D eigenvalue weighted by Crippen LogP contribution is -2.46. The van der Waals surface area contributed by atoms with Gasteiger partial charge in [0, 0.05) is 11.5 Å². The minimum atomic E-state index is -0.943. The molecule has 0 aromatic heterocycles. The van der Waals surface area contributed by atoms with E-state index in [1.54, 1.807) is 26.8 Å². The fourth-order valence-corrected chi connectivity index (χ4v) is 3.57. The molecule has 2 rings (SSSR count). The molecule has 1 fully saturated rings. The molecule has 4 atom stereocenters. The quantitative estimate of drug-likeness (QED) is 0.367. The standard InChI is InChI=1S/C20H32O4/c1-7-14(3)18(21)23-16-15(19(4,5)22)11-10-13(2)9-8-12-20(6)17(16)24-20/h7,9,15-17,22H,8,10-12H2,1-6H3. The third kappa shape index (κ3) is 4.28. The number of hydrogen-bond acceptors (Lipinski definition) is 4. The fourth-order valence-electron chi connectivity index (χ4n) is 3.57. The third-order valence-electron chi connectivity index (χ3n) is 5.52. The number of carbonyl (C=O) groups is 1.